The number of ether oxygens (including phenoxy) is 1. The van der Waals surface area contributed by atoms with E-state index in [-0.39, 0.29) is 24.9 Å². The largest absolute Gasteiger partial charge is 0.463 e. The van der Waals surface area contributed by atoms with Crippen LogP contribution >= 0.6 is 0 Å². The number of nitrogens with zero attached hydrogens (tertiary/aromatic N) is 4. The van der Waals surface area contributed by atoms with E-state index < -0.39 is 22.9 Å². The fraction of sp³-hybridized carbons (Fsp3) is 0.286. The molecule has 1 unspecified atom stereocenters. The molecule has 12 nitrogen and oxygen atoms in total. The molecule has 4 aromatic rings. The topological polar surface area (TPSA) is 135 Å². The number of anilines is 2. The Bertz CT molecular complexity index is 1610. The van der Waals surface area contributed by atoms with E-state index in [4.69, 9.17) is 13.6 Å². The Balaban J connectivity index is 1.02. The Morgan fingerprint density at radius 3 is 2.66 bits per heavy atom. The van der Waals surface area contributed by atoms with Gasteiger partial charge >= 0.3 is 12.0 Å². The zero-order valence-electron chi connectivity index (χ0n) is 21.8. The first kappa shape index (κ1) is 26.3. The molecular weight excluding hydrogens is 537 g/mol. The molecule has 0 saturated carbocycles. The molecule has 0 bridgehead atoms. The number of hydrogen-bond acceptors (Lipinski definition) is 9. The maximum Gasteiger partial charge on any atom is 0.433 e. The molecule has 2 saturated heterocycles. The normalized spacial score (nSPS) is 17.7. The molecule has 13 heteroatoms. The third kappa shape index (κ3) is 5.43. The maximum atomic E-state index is 15.2. The highest BCUT2D eigenvalue weighted by Crippen LogP contribution is 2.29. The van der Waals surface area contributed by atoms with E-state index in [1.165, 1.54) is 23.3 Å². The molecule has 2 aromatic heterocycles. The van der Waals surface area contributed by atoms with Crippen molar-refractivity contribution in [3.63, 3.8) is 0 Å². The highest BCUT2D eigenvalue weighted by molar-refractivity contribution is 6.05. The van der Waals surface area contributed by atoms with Crippen LogP contribution in [0.15, 0.2) is 69.7 Å². The monoisotopic (exact) mass is 563 g/mol. The van der Waals surface area contributed by atoms with Crippen LogP contribution in [-0.4, -0.2) is 67.2 Å². The molecule has 2 aliphatic rings. The molecule has 41 heavy (non-hydrogen) atoms. The first-order valence-electron chi connectivity index (χ1n) is 13.1. The standard InChI is InChI=1S/C28H26FN5O7/c29-23-13-18(5-7-24(23)32-11-9-31(10-12-32)15-19-6-8-26(40-19)34(37)38)33-16-20(41-28(33)36)14-30-27(35)22-17-39-25-4-2-1-3-21(22)25/h1-8,13,17,20H,9-12,14-16H2,(H,30,35). The van der Waals surface area contributed by atoms with Crippen LogP contribution in [0.2, 0.25) is 0 Å². The predicted molar refractivity (Wildman–Crippen MR) is 145 cm³/mol. The zero-order valence-corrected chi connectivity index (χ0v) is 21.8. The molecular formula is C28H26FN5O7. The van der Waals surface area contributed by atoms with E-state index >= 15 is 4.39 Å². The van der Waals surface area contributed by atoms with Gasteiger partial charge in [-0.2, -0.15) is 0 Å². The Hall–Kier alpha value is -4.91. The van der Waals surface area contributed by atoms with Gasteiger partial charge in [0.15, 0.2) is 0 Å². The van der Waals surface area contributed by atoms with Crippen molar-refractivity contribution in [1.29, 1.82) is 0 Å². The fourth-order valence-corrected chi connectivity index (χ4v) is 5.13. The average molecular weight is 564 g/mol. The number of nitrogens with one attached hydrogen (secondary N) is 1. The van der Waals surface area contributed by atoms with Gasteiger partial charge in [-0.15, -0.1) is 0 Å². The molecule has 6 rings (SSSR count). The van der Waals surface area contributed by atoms with E-state index in [0.717, 1.165) is 0 Å². The van der Waals surface area contributed by atoms with Crippen LogP contribution in [0.3, 0.4) is 0 Å². The molecule has 2 fully saturated rings. The lowest BCUT2D eigenvalue weighted by Crippen LogP contribution is -2.46. The second-order valence-electron chi connectivity index (χ2n) is 9.87. The van der Waals surface area contributed by atoms with Gasteiger partial charge in [-0.3, -0.25) is 24.7 Å². The number of halogens is 1. The Kier molecular flexibility index (Phi) is 7.01. The quantitative estimate of drug-likeness (QED) is 0.248. The van der Waals surface area contributed by atoms with Crippen LogP contribution in [0.4, 0.5) is 26.4 Å². The summed E-state index contributed by atoms with van der Waals surface area (Å²) in [7, 11) is 0. The first-order chi connectivity index (χ1) is 19.9. The number of furan rings is 2. The van der Waals surface area contributed by atoms with Crippen molar-refractivity contribution >= 4 is 40.2 Å². The van der Waals surface area contributed by atoms with Gasteiger partial charge < -0.3 is 23.8 Å². The van der Waals surface area contributed by atoms with Gasteiger partial charge in [0.1, 0.15) is 34.5 Å². The maximum absolute atomic E-state index is 15.2. The predicted octanol–water partition coefficient (Wildman–Crippen LogP) is 4.15. The number of benzene rings is 2. The lowest BCUT2D eigenvalue weighted by molar-refractivity contribution is -0.402. The minimum atomic E-state index is -0.614. The van der Waals surface area contributed by atoms with Crippen LogP contribution in [0.25, 0.3) is 11.0 Å². The molecule has 0 radical (unpaired) electrons. The minimum Gasteiger partial charge on any atom is -0.463 e. The minimum absolute atomic E-state index is 0.0940. The molecule has 2 aromatic carbocycles. The summed E-state index contributed by atoms with van der Waals surface area (Å²) in [6.07, 6.45) is 0.178. The lowest BCUT2D eigenvalue weighted by atomic mass is 10.1. The number of rotatable bonds is 8. The second kappa shape index (κ2) is 10.9. The highest BCUT2D eigenvalue weighted by atomic mass is 19.1. The van der Waals surface area contributed by atoms with E-state index in [2.05, 4.69) is 10.2 Å². The summed E-state index contributed by atoms with van der Waals surface area (Å²) in [4.78, 5) is 40.8. The van der Waals surface area contributed by atoms with Crippen molar-refractivity contribution in [3.8, 4) is 0 Å². The molecule has 1 N–H and O–H groups in total. The van der Waals surface area contributed by atoms with Crippen LogP contribution < -0.4 is 15.1 Å². The van der Waals surface area contributed by atoms with E-state index in [1.54, 1.807) is 30.3 Å². The van der Waals surface area contributed by atoms with Crippen LogP contribution in [0.5, 0.6) is 0 Å². The molecule has 1 atom stereocenters. The van der Waals surface area contributed by atoms with E-state index in [0.29, 0.717) is 66.4 Å². The summed E-state index contributed by atoms with van der Waals surface area (Å²) in [5, 5.41) is 14.3. The first-order valence-corrected chi connectivity index (χ1v) is 13.1. The van der Waals surface area contributed by atoms with Crippen LogP contribution in [-0.2, 0) is 11.3 Å². The number of cyclic esters (lactones) is 1. The smallest absolute Gasteiger partial charge is 0.433 e. The molecule has 2 aliphatic heterocycles. The second-order valence-corrected chi connectivity index (χ2v) is 9.87. The summed E-state index contributed by atoms with van der Waals surface area (Å²) in [6.45, 7) is 3.04. The number of para-hydroxylation sites is 1. The summed E-state index contributed by atoms with van der Waals surface area (Å²) in [5.74, 6) is -0.591. The van der Waals surface area contributed by atoms with Gasteiger partial charge in [-0.1, -0.05) is 18.2 Å². The van der Waals surface area contributed by atoms with E-state index in [1.807, 2.05) is 17.0 Å². The van der Waals surface area contributed by atoms with Gasteiger partial charge in [-0.05, 0) is 30.3 Å². The number of fused-ring (bicyclic) bond motifs is 1. The lowest BCUT2D eigenvalue weighted by Gasteiger charge is -2.36. The number of hydrogen-bond donors (Lipinski definition) is 1. The molecule has 0 aliphatic carbocycles. The van der Waals surface area contributed by atoms with Crippen molar-refractivity contribution in [2.75, 3.05) is 49.1 Å². The Morgan fingerprint density at radius 2 is 1.90 bits per heavy atom. The summed E-state index contributed by atoms with van der Waals surface area (Å²) >= 11 is 0. The average Bonchev–Trinajstić information content (AvgIpc) is 3.71. The summed E-state index contributed by atoms with van der Waals surface area (Å²) in [6, 6.07) is 14.7. The van der Waals surface area contributed by atoms with Crippen LogP contribution in [0.1, 0.15) is 16.1 Å². The summed E-state index contributed by atoms with van der Waals surface area (Å²) in [5.41, 5.74) is 1.78. The van der Waals surface area contributed by atoms with E-state index in [9.17, 15) is 19.7 Å². The third-order valence-electron chi connectivity index (χ3n) is 7.25. The number of nitro groups is 1. The number of amides is 2. The summed E-state index contributed by atoms with van der Waals surface area (Å²) < 4.78 is 31.3. The van der Waals surface area contributed by atoms with Gasteiger partial charge in [0, 0.05) is 31.6 Å². The van der Waals surface area contributed by atoms with Gasteiger partial charge in [-0.25, -0.2) is 9.18 Å². The Labute approximate surface area is 233 Å². The van der Waals surface area contributed by atoms with Gasteiger partial charge in [0.2, 0.25) is 0 Å². The third-order valence-corrected chi connectivity index (χ3v) is 7.25. The molecule has 212 valence electrons. The number of piperazine rings is 1. The SMILES string of the molecule is O=C(NCC1CN(c2ccc(N3CCN(Cc4ccc([N+](=O)[O-])o4)CC3)c(F)c2)C(=O)O1)c1coc2ccccc12. The zero-order chi connectivity index (χ0) is 28.5. The highest BCUT2D eigenvalue weighted by Gasteiger charge is 2.33. The number of carbonyl (C=O) groups excluding carboxylic acids is 2. The van der Waals surface area contributed by atoms with Gasteiger partial charge in [0.05, 0.1) is 42.6 Å². The number of carbonyl (C=O) groups is 2. The molecule has 0 spiro atoms. The van der Waals surface area contributed by atoms with Crippen molar-refractivity contribution in [2.24, 2.45) is 0 Å². The van der Waals surface area contributed by atoms with Crippen molar-refractivity contribution < 1.29 is 32.5 Å². The van der Waals surface area contributed by atoms with Crippen molar-refractivity contribution in [3.05, 3.63) is 88.1 Å². The van der Waals surface area contributed by atoms with Crippen molar-refractivity contribution in [2.45, 2.75) is 12.6 Å². The van der Waals surface area contributed by atoms with Crippen LogP contribution in [0, 0.1) is 15.9 Å². The molecule has 4 heterocycles. The fourth-order valence-electron chi connectivity index (χ4n) is 5.13. The van der Waals surface area contributed by atoms with Crippen molar-refractivity contribution in [1.82, 2.24) is 10.2 Å². The molecule has 2 amide bonds. The Morgan fingerprint density at radius 1 is 1.10 bits per heavy atom. The van der Waals surface area contributed by atoms with Gasteiger partial charge in [0.25, 0.3) is 5.91 Å².